The van der Waals surface area contributed by atoms with Crippen LogP contribution in [0.25, 0.3) is 10.9 Å². The Balaban J connectivity index is 1.32. The highest BCUT2D eigenvalue weighted by atomic mass is 19.1. The van der Waals surface area contributed by atoms with Gasteiger partial charge in [0.1, 0.15) is 17.7 Å². The van der Waals surface area contributed by atoms with E-state index in [1.54, 1.807) is 30.5 Å². The van der Waals surface area contributed by atoms with Crippen LogP contribution < -0.4 is 5.32 Å². The molecule has 1 aromatic carbocycles. The van der Waals surface area contributed by atoms with Crippen molar-refractivity contribution in [3.8, 4) is 6.07 Å². The lowest BCUT2D eigenvalue weighted by Gasteiger charge is -2.40. The van der Waals surface area contributed by atoms with E-state index < -0.39 is 0 Å². The lowest BCUT2D eigenvalue weighted by Crippen LogP contribution is -2.37. The van der Waals surface area contributed by atoms with Crippen molar-refractivity contribution in [2.24, 2.45) is 11.3 Å². The first-order valence-corrected chi connectivity index (χ1v) is 11.0. The van der Waals surface area contributed by atoms with Crippen LogP contribution in [0.15, 0.2) is 60.9 Å². The molecular weight excluding hydrogens is 403 g/mol. The number of nitrogens with one attached hydrogen (secondary N) is 1. The van der Waals surface area contributed by atoms with Crippen LogP contribution in [-0.2, 0) is 4.79 Å². The molecule has 0 bridgehead atoms. The first-order valence-electron chi connectivity index (χ1n) is 11.0. The average Bonchev–Trinajstić information content (AvgIpc) is 3.23. The van der Waals surface area contributed by atoms with Crippen molar-refractivity contribution < 1.29 is 9.18 Å². The van der Waals surface area contributed by atoms with E-state index in [4.69, 9.17) is 5.26 Å². The van der Waals surface area contributed by atoms with Crippen molar-refractivity contribution in [2.45, 2.75) is 38.0 Å². The van der Waals surface area contributed by atoms with Gasteiger partial charge in [-0.2, -0.15) is 5.26 Å². The molecule has 0 radical (unpaired) electrons. The van der Waals surface area contributed by atoms with Gasteiger partial charge in [-0.05, 0) is 80.0 Å². The van der Waals surface area contributed by atoms with Crippen molar-refractivity contribution in [2.75, 3.05) is 5.32 Å². The molecule has 1 amide bonds. The number of halogens is 1. The fraction of sp³-hybridized carbons (Fsp3) is 0.308. The Morgan fingerprint density at radius 3 is 2.75 bits per heavy atom. The highest BCUT2D eigenvalue weighted by Gasteiger charge is 2.45. The second kappa shape index (κ2) is 8.16. The number of hydrogen-bond acceptors (Lipinski definition) is 4. The van der Waals surface area contributed by atoms with Gasteiger partial charge in [0.2, 0.25) is 5.91 Å². The number of anilines is 1. The van der Waals surface area contributed by atoms with Gasteiger partial charge in [-0.15, -0.1) is 0 Å². The Hall–Kier alpha value is -3.59. The SMILES string of the molecule is N#Cc1ccc(NC(=O)[C@H]2CC=CC23CCC(c2ccnc4ccc(F)cc24)CC3)nc1. The molecule has 5 rings (SSSR count). The van der Waals surface area contributed by atoms with Crippen LogP contribution >= 0.6 is 0 Å². The molecule has 2 aliphatic rings. The number of aromatic nitrogens is 2. The minimum atomic E-state index is -0.245. The molecule has 0 aliphatic heterocycles. The van der Waals surface area contributed by atoms with E-state index in [1.165, 1.54) is 12.3 Å². The summed E-state index contributed by atoms with van der Waals surface area (Å²) >= 11 is 0. The number of hydrogen-bond donors (Lipinski definition) is 1. The molecule has 1 saturated carbocycles. The summed E-state index contributed by atoms with van der Waals surface area (Å²) < 4.78 is 13.9. The fourth-order valence-corrected chi connectivity index (χ4v) is 5.38. The Morgan fingerprint density at radius 2 is 2.00 bits per heavy atom. The van der Waals surface area contributed by atoms with E-state index >= 15 is 0 Å². The molecule has 0 unspecified atom stereocenters. The van der Waals surface area contributed by atoms with Crippen LogP contribution in [0, 0.1) is 28.5 Å². The number of fused-ring (bicyclic) bond motifs is 1. The fourth-order valence-electron chi connectivity index (χ4n) is 5.38. The molecule has 2 heterocycles. The average molecular weight is 426 g/mol. The van der Waals surface area contributed by atoms with Gasteiger partial charge in [0.15, 0.2) is 0 Å². The van der Waals surface area contributed by atoms with Gasteiger partial charge in [-0.3, -0.25) is 9.78 Å². The molecule has 160 valence electrons. The molecule has 6 heteroatoms. The van der Waals surface area contributed by atoms with Crippen LogP contribution in [0.5, 0.6) is 0 Å². The number of allylic oxidation sites excluding steroid dienone is 2. The summed E-state index contributed by atoms with van der Waals surface area (Å²) in [5, 5.41) is 12.7. The normalized spacial score (nSPS) is 24.5. The van der Waals surface area contributed by atoms with Crippen LogP contribution in [0.3, 0.4) is 0 Å². The Labute approximate surface area is 186 Å². The van der Waals surface area contributed by atoms with Crippen molar-refractivity contribution in [3.63, 3.8) is 0 Å². The Kier molecular flexibility index (Phi) is 5.18. The van der Waals surface area contributed by atoms with Gasteiger partial charge in [0.25, 0.3) is 0 Å². The summed E-state index contributed by atoms with van der Waals surface area (Å²) in [6, 6.07) is 12.1. The molecule has 1 fully saturated rings. The van der Waals surface area contributed by atoms with Gasteiger partial charge < -0.3 is 5.32 Å². The molecule has 3 aromatic rings. The number of benzene rings is 1. The molecule has 5 nitrogen and oxygen atoms in total. The minimum Gasteiger partial charge on any atom is -0.310 e. The molecule has 1 atom stereocenters. The summed E-state index contributed by atoms with van der Waals surface area (Å²) in [5.41, 5.74) is 2.27. The molecule has 2 aromatic heterocycles. The van der Waals surface area contributed by atoms with Crippen LogP contribution in [0.1, 0.15) is 49.1 Å². The van der Waals surface area contributed by atoms with Crippen molar-refractivity contribution in [1.82, 2.24) is 9.97 Å². The third-order valence-electron chi connectivity index (χ3n) is 7.07. The first-order chi connectivity index (χ1) is 15.6. The third-order valence-corrected chi connectivity index (χ3v) is 7.07. The highest BCUT2D eigenvalue weighted by Crippen LogP contribution is 2.53. The van der Waals surface area contributed by atoms with Crippen LogP contribution in [-0.4, -0.2) is 15.9 Å². The second-order valence-corrected chi connectivity index (χ2v) is 8.79. The summed E-state index contributed by atoms with van der Waals surface area (Å²) in [6.07, 6.45) is 12.0. The first kappa shape index (κ1) is 20.3. The number of amides is 1. The van der Waals surface area contributed by atoms with Gasteiger partial charge in [-0.25, -0.2) is 9.37 Å². The summed E-state index contributed by atoms with van der Waals surface area (Å²) in [4.78, 5) is 21.7. The van der Waals surface area contributed by atoms with Crippen molar-refractivity contribution in [3.05, 3.63) is 77.9 Å². The lowest BCUT2D eigenvalue weighted by molar-refractivity contribution is -0.123. The van der Waals surface area contributed by atoms with E-state index in [9.17, 15) is 9.18 Å². The molecule has 1 spiro atoms. The number of rotatable bonds is 3. The number of nitriles is 1. The van der Waals surface area contributed by atoms with Crippen molar-refractivity contribution >= 4 is 22.6 Å². The molecular formula is C26H23FN4O. The molecule has 0 saturated heterocycles. The zero-order valence-electron chi connectivity index (χ0n) is 17.6. The third kappa shape index (κ3) is 3.64. The van der Waals surface area contributed by atoms with Gasteiger partial charge in [0.05, 0.1) is 17.0 Å². The van der Waals surface area contributed by atoms with Crippen LogP contribution in [0.4, 0.5) is 10.2 Å². The van der Waals surface area contributed by atoms with E-state index in [0.717, 1.165) is 48.6 Å². The lowest BCUT2D eigenvalue weighted by atomic mass is 9.64. The zero-order valence-corrected chi connectivity index (χ0v) is 17.6. The molecule has 32 heavy (non-hydrogen) atoms. The Morgan fingerprint density at radius 1 is 1.16 bits per heavy atom. The summed E-state index contributed by atoms with van der Waals surface area (Å²) in [5.74, 6) is 0.390. The monoisotopic (exact) mass is 426 g/mol. The minimum absolute atomic E-state index is 0.0258. The van der Waals surface area contributed by atoms with Crippen molar-refractivity contribution in [1.29, 1.82) is 5.26 Å². The predicted octanol–water partition coefficient (Wildman–Crippen LogP) is 5.50. The topological polar surface area (TPSA) is 78.7 Å². The number of carbonyl (C=O) groups is 1. The van der Waals surface area contributed by atoms with Crippen LogP contribution in [0.2, 0.25) is 0 Å². The molecule has 1 N–H and O–H groups in total. The maximum absolute atomic E-state index is 13.9. The maximum atomic E-state index is 13.9. The van der Waals surface area contributed by atoms with Gasteiger partial charge in [-0.1, -0.05) is 12.2 Å². The largest absolute Gasteiger partial charge is 0.310 e. The van der Waals surface area contributed by atoms with E-state index in [2.05, 4.69) is 27.4 Å². The Bertz CT molecular complexity index is 1240. The van der Waals surface area contributed by atoms with Gasteiger partial charge in [0, 0.05) is 23.2 Å². The number of pyridine rings is 2. The van der Waals surface area contributed by atoms with E-state index in [0.29, 0.717) is 17.3 Å². The smallest absolute Gasteiger partial charge is 0.229 e. The standard InChI is InChI=1S/C26H23FN4O/c27-19-4-5-23-21(14-19)20(9-13-29-23)18-7-11-26(12-8-18)10-1-2-22(26)25(32)31-24-6-3-17(15-28)16-30-24/h1,3-6,9-10,13-14,16,18,22H,2,7-8,11-12H2,(H,30,31,32)/t18?,22-,26?/m1/s1. The predicted molar refractivity (Wildman–Crippen MR) is 120 cm³/mol. The zero-order chi connectivity index (χ0) is 22.1. The number of carbonyl (C=O) groups excluding carboxylic acids is 1. The summed E-state index contributed by atoms with van der Waals surface area (Å²) in [7, 11) is 0. The maximum Gasteiger partial charge on any atom is 0.229 e. The van der Waals surface area contributed by atoms with E-state index in [1.807, 2.05) is 12.1 Å². The number of nitrogens with zero attached hydrogens (tertiary/aromatic N) is 3. The molecule has 2 aliphatic carbocycles. The van der Waals surface area contributed by atoms with E-state index in [-0.39, 0.29) is 23.1 Å². The highest BCUT2D eigenvalue weighted by molar-refractivity contribution is 5.93. The second-order valence-electron chi connectivity index (χ2n) is 8.79. The van der Waals surface area contributed by atoms with Gasteiger partial charge >= 0.3 is 0 Å². The quantitative estimate of drug-likeness (QED) is 0.561. The summed E-state index contributed by atoms with van der Waals surface area (Å²) in [6.45, 7) is 0.